The summed E-state index contributed by atoms with van der Waals surface area (Å²) in [6.07, 6.45) is 0.0386. The number of aryl methyl sites for hydroxylation is 1. The molecule has 0 bridgehead atoms. The van der Waals surface area contributed by atoms with Crippen LogP contribution >= 0.6 is 11.6 Å². The number of nitrogens with zero attached hydrogens (tertiary/aromatic N) is 1. The summed E-state index contributed by atoms with van der Waals surface area (Å²) in [5.41, 5.74) is 8.82. The van der Waals surface area contributed by atoms with Gasteiger partial charge < -0.3 is 20.9 Å². The molecule has 3 amide bonds. The van der Waals surface area contributed by atoms with Gasteiger partial charge in [-0.3, -0.25) is 14.4 Å². The lowest BCUT2D eigenvalue weighted by Gasteiger charge is -2.12. The molecular formula is C23H23ClN4O3. The van der Waals surface area contributed by atoms with E-state index in [1.165, 1.54) is 0 Å². The summed E-state index contributed by atoms with van der Waals surface area (Å²) in [7, 11) is 0. The smallest absolute Gasteiger partial charge is 0.257 e. The zero-order valence-corrected chi connectivity index (χ0v) is 18.0. The zero-order chi connectivity index (χ0) is 22.5. The number of amides is 3. The molecule has 4 N–H and O–H groups in total. The van der Waals surface area contributed by atoms with Crippen LogP contribution in [-0.2, 0) is 4.79 Å². The van der Waals surface area contributed by atoms with Gasteiger partial charge >= 0.3 is 0 Å². The predicted octanol–water partition coefficient (Wildman–Crippen LogP) is 3.61. The Morgan fingerprint density at radius 1 is 0.968 bits per heavy atom. The number of carbonyl (C=O) groups is 3. The van der Waals surface area contributed by atoms with Crippen molar-refractivity contribution in [1.29, 1.82) is 0 Å². The Morgan fingerprint density at radius 3 is 2.32 bits per heavy atom. The maximum absolute atomic E-state index is 13.0. The quantitative estimate of drug-likeness (QED) is 0.524. The number of hydrogen-bond acceptors (Lipinski definition) is 3. The molecular weight excluding hydrogens is 416 g/mol. The Labute approximate surface area is 185 Å². The van der Waals surface area contributed by atoms with E-state index in [2.05, 4.69) is 10.6 Å². The number of aromatic nitrogens is 1. The average Bonchev–Trinajstić information content (AvgIpc) is 3.03. The van der Waals surface area contributed by atoms with Gasteiger partial charge in [0, 0.05) is 35.1 Å². The van der Waals surface area contributed by atoms with E-state index in [1.807, 2.05) is 30.5 Å². The summed E-state index contributed by atoms with van der Waals surface area (Å²) in [5.74, 6) is -1.23. The molecule has 1 aromatic heterocycles. The highest BCUT2D eigenvalue weighted by atomic mass is 35.5. The lowest BCUT2D eigenvalue weighted by molar-refractivity contribution is -0.117. The molecule has 0 radical (unpaired) electrons. The number of hydrogen-bond donors (Lipinski definition) is 3. The maximum Gasteiger partial charge on any atom is 0.257 e. The molecule has 1 heterocycles. The predicted molar refractivity (Wildman–Crippen MR) is 121 cm³/mol. The topological polar surface area (TPSA) is 106 Å². The van der Waals surface area contributed by atoms with Gasteiger partial charge in [-0.2, -0.15) is 0 Å². The number of nitrogens with one attached hydrogen (secondary N) is 2. The van der Waals surface area contributed by atoms with Crippen molar-refractivity contribution in [1.82, 2.24) is 9.88 Å². The second-order valence-corrected chi connectivity index (χ2v) is 7.50. The molecule has 0 aliphatic rings. The summed E-state index contributed by atoms with van der Waals surface area (Å²) in [4.78, 5) is 36.4. The van der Waals surface area contributed by atoms with E-state index in [9.17, 15) is 14.4 Å². The van der Waals surface area contributed by atoms with Crippen molar-refractivity contribution >= 4 is 35.0 Å². The molecule has 0 saturated heterocycles. The SMILES string of the molecule is Cc1cc(C(=O)Nc2ccccc2C(=O)NCCC(N)=O)c(C)n1-c1ccc(Cl)cc1. The summed E-state index contributed by atoms with van der Waals surface area (Å²) < 4.78 is 1.97. The van der Waals surface area contributed by atoms with E-state index < -0.39 is 11.8 Å². The first-order valence-corrected chi connectivity index (χ1v) is 10.1. The standard InChI is InChI=1S/C23H23ClN4O3/c1-14-13-19(15(2)28(14)17-9-7-16(24)8-10-17)23(31)27-20-6-4-3-5-18(20)22(30)26-12-11-21(25)29/h3-10,13H,11-12H2,1-2H3,(H2,25,29)(H,26,30)(H,27,31). The Kier molecular flexibility index (Phi) is 6.77. The summed E-state index contributed by atoms with van der Waals surface area (Å²) >= 11 is 5.98. The minimum Gasteiger partial charge on any atom is -0.370 e. The van der Waals surface area contributed by atoms with Crippen LogP contribution in [0.4, 0.5) is 5.69 Å². The largest absolute Gasteiger partial charge is 0.370 e. The Bertz CT molecular complexity index is 1140. The van der Waals surface area contributed by atoms with Crippen LogP contribution in [0.5, 0.6) is 0 Å². The third-order valence-electron chi connectivity index (χ3n) is 4.84. The lowest BCUT2D eigenvalue weighted by Crippen LogP contribution is -2.28. The Hall–Kier alpha value is -3.58. The molecule has 0 fully saturated rings. The molecule has 7 nitrogen and oxygen atoms in total. The molecule has 0 aliphatic carbocycles. The molecule has 160 valence electrons. The molecule has 3 aromatic rings. The van der Waals surface area contributed by atoms with Crippen molar-refractivity contribution in [2.45, 2.75) is 20.3 Å². The molecule has 0 spiro atoms. The summed E-state index contributed by atoms with van der Waals surface area (Å²) in [6.45, 7) is 3.90. The van der Waals surface area contributed by atoms with E-state index in [0.29, 0.717) is 21.8 Å². The van der Waals surface area contributed by atoms with Crippen molar-refractivity contribution < 1.29 is 14.4 Å². The van der Waals surface area contributed by atoms with Crippen molar-refractivity contribution in [3.05, 3.63) is 82.1 Å². The van der Waals surface area contributed by atoms with Gasteiger partial charge in [0.25, 0.3) is 11.8 Å². The van der Waals surface area contributed by atoms with Gasteiger partial charge in [-0.05, 0) is 56.3 Å². The minimum atomic E-state index is -0.502. The fraction of sp³-hybridized carbons (Fsp3) is 0.174. The fourth-order valence-electron chi connectivity index (χ4n) is 3.35. The van der Waals surface area contributed by atoms with Crippen molar-refractivity contribution in [2.75, 3.05) is 11.9 Å². The van der Waals surface area contributed by atoms with Crippen LogP contribution in [0.2, 0.25) is 5.02 Å². The van der Waals surface area contributed by atoms with E-state index in [4.69, 9.17) is 17.3 Å². The molecule has 3 rings (SSSR count). The normalized spacial score (nSPS) is 10.5. The zero-order valence-electron chi connectivity index (χ0n) is 17.2. The van der Waals surface area contributed by atoms with E-state index >= 15 is 0 Å². The van der Waals surface area contributed by atoms with Crippen molar-refractivity contribution in [3.63, 3.8) is 0 Å². The second-order valence-electron chi connectivity index (χ2n) is 7.07. The van der Waals surface area contributed by atoms with Gasteiger partial charge in [0.05, 0.1) is 16.8 Å². The Morgan fingerprint density at radius 2 is 1.65 bits per heavy atom. The van der Waals surface area contributed by atoms with Gasteiger partial charge in [0.1, 0.15) is 0 Å². The summed E-state index contributed by atoms with van der Waals surface area (Å²) in [5, 5.41) is 6.09. The van der Waals surface area contributed by atoms with Crippen LogP contribution in [0.3, 0.4) is 0 Å². The molecule has 0 atom stereocenters. The highest BCUT2D eigenvalue weighted by molar-refractivity contribution is 6.30. The molecule has 0 unspecified atom stereocenters. The molecule has 2 aromatic carbocycles. The number of nitrogens with two attached hydrogens (primary N) is 1. The first-order valence-electron chi connectivity index (χ1n) is 9.69. The second kappa shape index (κ2) is 9.49. The van der Waals surface area contributed by atoms with Crippen LogP contribution in [0.1, 0.15) is 38.5 Å². The van der Waals surface area contributed by atoms with Crippen LogP contribution < -0.4 is 16.4 Å². The van der Waals surface area contributed by atoms with Gasteiger partial charge in [0.2, 0.25) is 5.91 Å². The van der Waals surface area contributed by atoms with E-state index in [1.54, 1.807) is 42.5 Å². The third kappa shape index (κ3) is 5.13. The van der Waals surface area contributed by atoms with Gasteiger partial charge in [-0.15, -0.1) is 0 Å². The Balaban J connectivity index is 1.83. The lowest BCUT2D eigenvalue weighted by atomic mass is 10.1. The molecule has 31 heavy (non-hydrogen) atoms. The average molecular weight is 439 g/mol. The van der Waals surface area contributed by atoms with Crippen molar-refractivity contribution in [3.8, 4) is 5.69 Å². The fourth-order valence-corrected chi connectivity index (χ4v) is 3.48. The number of anilines is 1. The highest BCUT2D eigenvalue weighted by Crippen LogP contribution is 2.24. The molecule has 0 saturated carbocycles. The number of para-hydroxylation sites is 1. The number of primary amides is 1. The monoisotopic (exact) mass is 438 g/mol. The number of rotatable bonds is 7. The number of carbonyl (C=O) groups excluding carboxylic acids is 3. The third-order valence-corrected chi connectivity index (χ3v) is 5.09. The first-order chi connectivity index (χ1) is 14.8. The minimum absolute atomic E-state index is 0.0386. The van der Waals surface area contributed by atoms with E-state index in [-0.39, 0.29) is 18.9 Å². The first kappa shape index (κ1) is 22.1. The molecule has 0 aliphatic heterocycles. The van der Waals surface area contributed by atoms with E-state index in [0.717, 1.165) is 17.1 Å². The molecule has 8 heteroatoms. The van der Waals surface area contributed by atoms with Crippen molar-refractivity contribution in [2.24, 2.45) is 5.73 Å². The summed E-state index contributed by atoms with van der Waals surface area (Å²) in [6, 6.07) is 15.8. The van der Waals surface area contributed by atoms with Gasteiger partial charge in [-0.1, -0.05) is 23.7 Å². The van der Waals surface area contributed by atoms with Crippen LogP contribution in [-0.4, -0.2) is 28.8 Å². The van der Waals surface area contributed by atoms with Gasteiger partial charge in [-0.25, -0.2) is 0 Å². The highest BCUT2D eigenvalue weighted by Gasteiger charge is 2.19. The number of halogens is 1. The van der Waals surface area contributed by atoms with Crippen LogP contribution in [0.15, 0.2) is 54.6 Å². The van der Waals surface area contributed by atoms with Gasteiger partial charge in [0.15, 0.2) is 0 Å². The van der Waals surface area contributed by atoms with Crippen LogP contribution in [0.25, 0.3) is 5.69 Å². The van der Waals surface area contributed by atoms with Crippen LogP contribution in [0, 0.1) is 13.8 Å². The maximum atomic E-state index is 13.0. The number of benzene rings is 2.